The first kappa shape index (κ1) is 14.6. The van der Waals surface area contributed by atoms with E-state index in [1.54, 1.807) is 4.90 Å². The molecule has 3 rings (SSSR count). The maximum absolute atomic E-state index is 13.9. The van der Waals surface area contributed by atoms with E-state index in [2.05, 4.69) is 4.98 Å². The standard InChI is InChI=1S/C15H11ClFN3O2/c16-12-4-10(21)1-2-11(12)15(22)7-20(8-15)14-13(17)3-9(5-18)6-19-14/h1-4,6,21-22H,7-8H2. The van der Waals surface area contributed by atoms with Crippen LogP contribution in [0.3, 0.4) is 0 Å². The van der Waals surface area contributed by atoms with Gasteiger partial charge >= 0.3 is 0 Å². The Bertz CT molecular complexity index is 785. The molecule has 0 saturated carbocycles. The van der Waals surface area contributed by atoms with Crippen molar-refractivity contribution in [2.75, 3.05) is 18.0 Å². The molecule has 1 aromatic heterocycles. The first-order valence-corrected chi connectivity index (χ1v) is 6.83. The first-order valence-electron chi connectivity index (χ1n) is 6.45. The second-order valence-electron chi connectivity index (χ2n) is 5.19. The molecule has 1 aliphatic rings. The number of nitrogens with zero attached hydrogens (tertiary/aromatic N) is 3. The number of aliphatic hydroxyl groups is 1. The number of hydrogen-bond donors (Lipinski definition) is 2. The van der Waals surface area contributed by atoms with Crippen LogP contribution < -0.4 is 4.90 Å². The summed E-state index contributed by atoms with van der Waals surface area (Å²) in [6.07, 6.45) is 1.28. The van der Waals surface area contributed by atoms with Crippen molar-refractivity contribution in [1.29, 1.82) is 5.26 Å². The second-order valence-corrected chi connectivity index (χ2v) is 5.60. The number of aromatic hydroxyl groups is 1. The Morgan fingerprint density at radius 2 is 2.09 bits per heavy atom. The summed E-state index contributed by atoms with van der Waals surface area (Å²) in [5.74, 6) is -0.523. The molecule has 0 bridgehead atoms. The number of phenols is 1. The number of rotatable bonds is 2. The molecule has 7 heteroatoms. The molecule has 2 N–H and O–H groups in total. The number of β-amino-alcohol motifs (C(OH)–C–C–N with tert-alkyl or cyclic N) is 1. The molecule has 1 aromatic carbocycles. The maximum atomic E-state index is 13.9. The fourth-order valence-corrected chi connectivity index (χ4v) is 2.86. The van der Waals surface area contributed by atoms with Gasteiger partial charge in [0.25, 0.3) is 0 Å². The average Bonchev–Trinajstić information content (AvgIpc) is 2.44. The van der Waals surface area contributed by atoms with Crippen LogP contribution in [-0.4, -0.2) is 28.3 Å². The monoisotopic (exact) mass is 319 g/mol. The molecule has 2 aromatic rings. The molecule has 0 radical (unpaired) electrons. The van der Waals surface area contributed by atoms with Crippen LogP contribution in [-0.2, 0) is 5.60 Å². The Balaban J connectivity index is 1.83. The maximum Gasteiger partial charge on any atom is 0.166 e. The minimum atomic E-state index is -1.23. The number of benzene rings is 1. The van der Waals surface area contributed by atoms with Gasteiger partial charge in [-0.15, -0.1) is 0 Å². The molecule has 0 atom stereocenters. The first-order chi connectivity index (χ1) is 10.4. The van der Waals surface area contributed by atoms with E-state index < -0.39 is 11.4 Å². The van der Waals surface area contributed by atoms with Gasteiger partial charge < -0.3 is 15.1 Å². The van der Waals surface area contributed by atoms with Gasteiger partial charge in [-0.25, -0.2) is 9.37 Å². The molecular formula is C15H11ClFN3O2. The Morgan fingerprint density at radius 1 is 1.36 bits per heavy atom. The number of phenolic OH excluding ortho intramolecular Hbond substituents is 1. The summed E-state index contributed by atoms with van der Waals surface area (Å²) in [6.45, 7) is 0.237. The molecule has 1 saturated heterocycles. The van der Waals surface area contributed by atoms with Crippen molar-refractivity contribution in [3.05, 3.63) is 52.4 Å². The van der Waals surface area contributed by atoms with Crippen LogP contribution in [0, 0.1) is 17.1 Å². The number of halogens is 2. The number of pyridine rings is 1. The Morgan fingerprint density at radius 3 is 2.68 bits per heavy atom. The molecule has 1 fully saturated rings. The number of anilines is 1. The lowest BCUT2D eigenvalue weighted by Crippen LogP contribution is -2.60. The molecule has 0 amide bonds. The molecule has 0 aliphatic carbocycles. The van der Waals surface area contributed by atoms with Gasteiger partial charge in [0.1, 0.15) is 17.4 Å². The molecule has 0 spiro atoms. The molecule has 2 heterocycles. The van der Waals surface area contributed by atoms with E-state index in [1.807, 2.05) is 6.07 Å². The van der Waals surface area contributed by atoms with Crippen molar-refractivity contribution < 1.29 is 14.6 Å². The highest BCUT2D eigenvalue weighted by atomic mass is 35.5. The van der Waals surface area contributed by atoms with E-state index in [0.717, 1.165) is 6.07 Å². The third kappa shape index (κ3) is 2.34. The number of aromatic nitrogens is 1. The van der Waals surface area contributed by atoms with Crippen molar-refractivity contribution in [2.45, 2.75) is 5.60 Å². The summed E-state index contributed by atoms with van der Waals surface area (Å²) >= 11 is 6.03. The zero-order valence-corrected chi connectivity index (χ0v) is 12.0. The average molecular weight is 320 g/mol. The largest absolute Gasteiger partial charge is 0.508 e. The van der Waals surface area contributed by atoms with Crippen LogP contribution in [0.25, 0.3) is 0 Å². The van der Waals surface area contributed by atoms with Gasteiger partial charge in [0, 0.05) is 11.8 Å². The highest BCUT2D eigenvalue weighted by Crippen LogP contribution is 2.39. The summed E-state index contributed by atoms with van der Waals surface area (Å²) in [5, 5.41) is 28.9. The zero-order valence-electron chi connectivity index (χ0n) is 11.3. The van der Waals surface area contributed by atoms with Crippen LogP contribution in [0.2, 0.25) is 5.02 Å². The van der Waals surface area contributed by atoms with Crippen molar-refractivity contribution in [3.8, 4) is 11.8 Å². The minimum absolute atomic E-state index is 0.00772. The predicted octanol–water partition coefficient (Wildman–Crippen LogP) is 2.16. The van der Waals surface area contributed by atoms with Crippen LogP contribution in [0.4, 0.5) is 10.2 Å². The summed E-state index contributed by atoms with van der Waals surface area (Å²) in [5.41, 5.74) is -0.622. The lowest BCUT2D eigenvalue weighted by molar-refractivity contribution is 0.00674. The van der Waals surface area contributed by atoms with E-state index in [0.29, 0.717) is 5.56 Å². The van der Waals surface area contributed by atoms with Gasteiger partial charge in [0.2, 0.25) is 0 Å². The quantitative estimate of drug-likeness (QED) is 0.886. The van der Waals surface area contributed by atoms with E-state index in [1.165, 1.54) is 24.4 Å². The summed E-state index contributed by atoms with van der Waals surface area (Å²) in [6, 6.07) is 7.24. The van der Waals surface area contributed by atoms with Gasteiger partial charge in [0.05, 0.1) is 23.7 Å². The molecule has 112 valence electrons. The fourth-order valence-electron chi connectivity index (χ4n) is 2.51. The third-order valence-electron chi connectivity index (χ3n) is 3.61. The highest BCUT2D eigenvalue weighted by Gasteiger charge is 2.45. The normalized spacial score (nSPS) is 16.0. The van der Waals surface area contributed by atoms with Crippen LogP contribution in [0.15, 0.2) is 30.5 Å². The van der Waals surface area contributed by atoms with E-state index in [9.17, 15) is 14.6 Å². The van der Waals surface area contributed by atoms with Gasteiger partial charge in [-0.2, -0.15) is 5.26 Å². The van der Waals surface area contributed by atoms with E-state index in [4.69, 9.17) is 16.9 Å². The SMILES string of the molecule is N#Cc1cnc(N2CC(O)(c3ccc(O)cc3Cl)C2)c(F)c1. The van der Waals surface area contributed by atoms with Gasteiger partial charge in [-0.1, -0.05) is 17.7 Å². The van der Waals surface area contributed by atoms with Crippen molar-refractivity contribution in [3.63, 3.8) is 0 Å². The van der Waals surface area contributed by atoms with Crippen molar-refractivity contribution in [1.82, 2.24) is 4.98 Å². The van der Waals surface area contributed by atoms with Gasteiger partial charge in [-0.3, -0.25) is 0 Å². The zero-order chi connectivity index (χ0) is 15.9. The second kappa shape index (κ2) is 5.13. The lowest BCUT2D eigenvalue weighted by Gasteiger charge is -2.47. The molecule has 1 aliphatic heterocycles. The topological polar surface area (TPSA) is 80.4 Å². The Kier molecular flexibility index (Phi) is 3.39. The van der Waals surface area contributed by atoms with Crippen LogP contribution >= 0.6 is 11.6 Å². The molecular weight excluding hydrogens is 309 g/mol. The molecule has 22 heavy (non-hydrogen) atoms. The van der Waals surface area contributed by atoms with Gasteiger partial charge in [-0.05, 0) is 18.2 Å². The van der Waals surface area contributed by atoms with Gasteiger partial charge in [0.15, 0.2) is 11.6 Å². The fraction of sp³-hybridized carbons (Fsp3) is 0.200. The highest BCUT2D eigenvalue weighted by molar-refractivity contribution is 6.31. The third-order valence-corrected chi connectivity index (χ3v) is 3.92. The minimum Gasteiger partial charge on any atom is -0.508 e. The van der Waals surface area contributed by atoms with Crippen LogP contribution in [0.5, 0.6) is 5.75 Å². The number of hydrogen-bond acceptors (Lipinski definition) is 5. The lowest BCUT2D eigenvalue weighted by atomic mass is 9.86. The van der Waals surface area contributed by atoms with Crippen LogP contribution in [0.1, 0.15) is 11.1 Å². The molecule has 0 unspecified atom stereocenters. The smallest absolute Gasteiger partial charge is 0.166 e. The predicted molar refractivity (Wildman–Crippen MR) is 78.1 cm³/mol. The summed E-state index contributed by atoms with van der Waals surface area (Å²) in [4.78, 5) is 5.47. The van der Waals surface area contributed by atoms with E-state index >= 15 is 0 Å². The van der Waals surface area contributed by atoms with E-state index in [-0.39, 0.29) is 35.2 Å². The molecule has 5 nitrogen and oxygen atoms in total. The Hall–Kier alpha value is -2.36. The summed E-state index contributed by atoms with van der Waals surface area (Å²) < 4.78 is 13.9. The summed E-state index contributed by atoms with van der Waals surface area (Å²) in [7, 11) is 0. The Labute approximate surface area is 130 Å². The number of nitriles is 1. The van der Waals surface area contributed by atoms with Crippen molar-refractivity contribution >= 4 is 17.4 Å². The van der Waals surface area contributed by atoms with Crippen molar-refractivity contribution in [2.24, 2.45) is 0 Å².